The maximum Gasteiger partial charge on any atom is 0.316 e. The number of carbonyl (C=O) groups is 1. The number of thiophene rings is 1. The molecule has 0 aromatic carbocycles. The van der Waals surface area contributed by atoms with Gasteiger partial charge in [0.2, 0.25) is 0 Å². The molecule has 0 saturated carbocycles. The summed E-state index contributed by atoms with van der Waals surface area (Å²) in [5, 5.41) is 14.4. The summed E-state index contributed by atoms with van der Waals surface area (Å²) in [6, 6.07) is 3.82. The molecule has 0 saturated heterocycles. The highest BCUT2D eigenvalue weighted by Crippen LogP contribution is 2.26. The van der Waals surface area contributed by atoms with Crippen molar-refractivity contribution in [3.63, 3.8) is 0 Å². The highest BCUT2D eigenvalue weighted by molar-refractivity contribution is 7.99. The summed E-state index contributed by atoms with van der Waals surface area (Å²) >= 11 is 2.85. The third-order valence-electron chi connectivity index (χ3n) is 2.44. The van der Waals surface area contributed by atoms with Gasteiger partial charge >= 0.3 is 5.97 Å². The second-order valence-electron chi connectivity index (χ2n) is 4.31. The summed E-state index contributed by atoms with van der Waals surface area (Å²) in [7, 11) is 0. The second kappa shape index (κ2) is 6.21. The van der Waals surface area contributed by atoms with Crippen molar-refractivity contribution in [3.8, 4) is 10.8 Å². The number of carboxylic acid groups (broad SMARTS) is 1. The van der Waals surface area contributed by atoms with Gasteiger partial charge in [0.05, 0.1) is 10.6 Å². The number of carboxylic acids is 1. The Morgan fingerprint density at radius 2 is 2.37 bits per heavy atom. The Labute approximate surface area is 119 Å². The predicted molar refractivity (Wildman–Crippen MR) is 75.2 cm³/mol. The molecule has 1 unspecified atom stereocenters. The maximum absolute atomic E-state index is 11.1. The van der Waals surface area contributed by atoms with E-state index in [1.807, 2.05) is 31.4 Å². The van der Waals surface area contributed by atoms with Gasteiger partial charge in [-0.2, -0.15) is 4.98 Å². The van der Waals surface area contributed by atoms with E-state index in [4.69, 9.17) is 9.63 Å². The molecule has 0 bridgehead atoms. The number of hydrogen-bond acceptors (Lipinski definition) is 6. The highest BCUT2D eigenvalue weighted by Gasteiger charge is 2.23. The zero-order valence-electron chi connectivity index (χ0n) is 10.6. The van der Waals surface area contributed by atoms with Crippen molar-refractivity contribution in [2.24, 2.45) is 5.92 Å². The van der Waals surface area contributed by atoms with Gasteiger partial charge in [0.25, 0.3) is 5.89 Å². The monoisotopic (exact) mass is 298 g/mol. The molecule has 1 atom stereocenters. The summed E-state index contributed by atoms with van der Waals surface area (Å²) in [5.41, 5.74) is 0. The first kappa shape index (κ1) is 14.1. The van der Waals surface area contributed by atoms with Crippen LogP contribution in [0.25, 0.3) is 10.8 Å². The molecule has 2 rings (SSSR count). The lowest BCUT2D eigenvalue weighted by atomic mass is 10.1. The third kappa shape index (κ3) is 3.57. The van der Waals surface area contributed by atoms with Gasteiger partial charge in [-0.25, -0.2) is 0 Å². The van der Waals surface area contributed by atoms with E-state index in [2.05, 4.69) is 10.1 Å². The summed E-state index contributed by atoms with van der Waals surface area (Å²) < 4.78 is 5.15. The molecular formula is C12H14N2O3S2. The lowest BCUT2D eigenvalue weighted by molar-refractivity contribution is -0.137. The van der Waals surface area contributed by atoms with Crippen LogP contribution < -0.4 is 0 Å². The Balaban J connectivity index is 1.99. The largest absolute Gasteiger partial charge is 0.480 e. The fourth-order valence-electron chi connectivity index (χ4n) is 1.53. The Hall–Kier alpha value is -1.34. The van der Waals surface area contributed by atoms with E-state index in [0.29, 0.717) is 17.5 Å². The van der Waals surface area contributed by atoms with Crippen LogP contribution in [-0.4, -0.2) is 26.5 Å². The molecule has 5 nitrogen and oxygen atoms in total. The first-order valence-corrected chi connectivity index (χ1v) is 7.71. The van der Waals surface area contributed by atoms with Crippen molar-refractivity contribution in [2.75, 3.05) is 0 Å². The van der Waals surface area contributed by atoms with Crippen LogP contribution in [0.1, 0.15) is 19.7 Å². The minimum atomic E-state index is -0.804. The predicted octanol–water partition coefficient (Wildman–Crippen LogP) is 3.14. The minimum Gasteiger partial charge on any atom is -0.480 e. The van der Waals surface area contributed by atoms with E-state index < -0.39 is 11.2 Å². The van der Waals surface area contributed by atoms with Crippen molar-refractivity contribution >= 4 is 29.1 Å². The number of thioether (sulfide) groups is 1. The van der Waals surface area contributed by atoms with Crippen molar-refractivity contribution in [1.29, 1.82) is 0 Å². The molecule has 102 valence electrons. The molecular weight excluding hydrogens is 284 g/mol. The Bertz CT molecular complexity index is 537. The van der Waals surface area contributed by atoms with Crippen molar-refractivity contribution in [3.05, 3.63) is 23.3 Å². The van der Waals surface area contributed by atoms with Gasteiger partial charge < -0.3 is 9.63 Å². The molecule has 0 spiro atoms. The summed E-state index contributed by atoms with van der Waals surface area (Å²) in [6.45, 7) is 3.78. The lowest BCUT2D eigenvalue weighted by Crippen LogP contribution is -2.22. The maximum atomic E-state index is 11.1. The number of aliphatic carboxylic acids is 1. The minimum absolute atomic E-state index is 0.0613. The van der Waals surface area contributed by atoms with E-state index in [9.17, 15) is 4.79 Å². The Morgan fingerprint density at radius 3 is 2.95 bits per heavy atom. The zero-order valence-corrected chi connectivity index (χ0v) is 12.2. The van der Waals surface area contributed by atoms with Crippen LogP contribution in [0, 0.1) is 5.92 Å². The zero-order chi connectivity index (χ0) is 13.8. The van der Waals surface area contributed by atoms with Crippen LogP contribution >= 0.6 is 23.1 Å². The molecule has 0 radical (unpaired) electrons. The summed E-state index contributed by atoms with van der Waals surface area (Å²) in [5.74, 6) is 0.708. The average molecular weight is 298 g/mol. The lowest BCUT2D eigenvalue weighted by Gasteiger charge is -2.14. The molecule has 2 aromatic rings. The fourth-order valence-corrected chi connectivity index (χ4v) is 3.14. The van der Waals surface area contributed by atoms with Crippen LogP contribution in [0.15, 0.2) is 22.0 Å². The molecule has 7 heteroatoms. The smallest absolute Gasteiger partial charge is 0.316 e. The van der Waals surface area contributed by atoms with Crippen LogP contribution in [0.2, 0.25) is 0 Å². The molecule has 2 aromatic heterocycles. The van der Waals surface area contributed by atoms with Crippen LogP contribution in [0.3, 0.4) is 0 Å². The first-order valence-electron chi connectivity index (χ1n) is 5.79. The van der Waals surface area contributed by atoms with E-state index >= 15 is 0 Å². The normalized spacial score (nSPS) is 12.8. The van der Waals surface area contributed by atoms with Gasteiger partial charge in [-0.15, -0.1) is 23.1 Å². The fraction of sp³-hybridized carbons (Fsp3) is 0.417. The molecule has 0 aliphatic rings. The summed E-state index contributed by atoms with van der Waals surface area (Å²) in [4.78, 5) is 16.3. The van der Waals surface area contributed by atoms with Gasteiger partial charge in [-0.05, 0) is 17.4 Å². The van der Waals surface area contributed by atoms with Gasteiger partial charge in [0, 0.05) is 0 Å². The van der Waals surface area contributed by atoms with Gasteiger partial charge in [0.15, 0.2) is 5.82 Å². The van der Waals surface area contributed by atoms with Gasteiger partial charge in [-0.3, -0.25) is 4.79 Å². The topological polar surface area (TPSA) is 76.2 Å². The van der Waals surface area contributed by atoms with Crippen molar-refractivity contribution in [2.45, 2.75) is 24.9 Å². The number of hydrogen-bond donors (Lipinski definition) is 1. The SMILES string of the molecule is CC(C)C(SCc1noc(-c2cccs2)n1)C(=O)O. The third-order valence-corrected chi connectivity index (χ3v) is 4.83. The molecule has 0 fully saturated rings. The van der Waals surface area contributed by atoms with Crippen molar-refractivity contribution in [1.82, 2.24) is 10.1 Å². The van der Waals surface area contributed by atoms with E-state index in [0.717, 1.165) is 4.88 Å². The molecule has 0 amide bonds. The second-order valence-corrected chi connectivity index (χ2v) is 6.38. The first-order chi connectivity index (χ1) is 9.08. The van der Waals surface area contributed by atoms with Gasteiger partial charge in [0.1, 0.15) is 5.25 Å². The molecule has 0 aliphatic carbocycles. The number of nitrogens with zero attached hydrogens (tertiary/aromatic N) is 2. The molecule has 2 heterocycles. The van der Waals surface area contributed by atoms with E-state index in [1.165, 1.54) is 23.1 Å². The number of aromatic nitrogens is 2. The standard InChI is InChI=1S/C12H14N2O3S2/c1-7(2)10(12(15)16)19-6-9-13-11(17-14-9)8-4-3-5-18-8/h3-5,7,10H,6H2,1-2H3,(H,15,16). The van der Waals surface area contributed by atoms with Crippen molar-refractivity contribution < 1.29 is 14.4 Å². The Morgan fingerprint density at radius 1 is 1.58 bits per heavy atom. The summed E-state index contributed by atoms with van der Waals surface area (Å²) in [6.07, 6.45) is 0. The molecule has 1 N–H and O–H groups in total. The van der Waals surface area contributed by atoms with Crippen LogP contribution in [0.4, 0.5) is 0 Å². The molecule has 19 heavy (non-hydrogen) atoms. The van der Waals surface area contributed by atoms with Crippen LogP contribution in [0.5, 0.6) is 0 Å². The van der Waals surface area contributed by atoms with Crippen LogP contribution in [-0.2, 0) is 10.5 Å². The molecule has 0 aliphatic heterocycles. The van der Waals surface area contributed by atoms with E-state index in [1.54, 1.807) is 0 Å². The average Bonchev–Trinajstić information content (AvgIpc) is 2.98. The quantitative estimate of drug-likeness (QED) is 0.883. The number of rotatable bonds is 6. The highest BCUT2D eigenvalue weighted by atomic mass is 32.2. The van der Waals surface area contributed by atoms with E-state index in [-0.39, 0.29) is 5.92 Å². The van der Waals surface area contributed by atoms with Gasteiger partial charge in [-0.1, -0.05) is 25.1 Å². The Kier molecular flexibility index (Phi) is 4.60.